The molecule has 0 atom stereocenters. The van der Waals surface area contributed by atoms with Crippen molar-refractivity contribution in [3.05, 3.63) is 63.2 Å². The number of rotatable bonds is 7. The molecule has 0 bridgehead atoms. The SMILES string of the molecule is CCCOC(=O)c1cc(NC(=O)c2cccc([N+](=O)[O-])c2C)ccc1N1CCOCC1. The van der Waals surface area contributed by atoms with Gasteiger partial charge < -0.3 is 19.7 Å². The molecule has 9 nitrogen and oxygen atoms in total. The summed E-state index contributed by atoms with van der Waals surface area (Å²) in [6, 6.07) is 9.39. The summed E-state index contributed by atoms with van der Waals surface area (Å²) in [4.78, 5) is 38.1. The molecule has 0 aromatic heterocycles. The maximum atomic E-state index is 12.8. The third-order valence-electron chi connectivity index (χ3n) is 5.01. The molecule has 1 fully saturated rings. The highest BCUT2D eigenvalue weighted by atomic mass is 16.6. The zero-order chi connectivity index (χ0) is 22.4. The standard InChI is InChI=1S/C22H25N3O6/c1-3-11-31-22(27)18-14-16(7-8-20(18)24-9-12-30-13-10-24)23-21(26)17-5-4-6-19(15(17)2)25(28)29/h4-8,14H,3,9-13H2,1-2H3,(H,23,26). The first-order valence-electron chi connectivity index (χ1n) is 10.1. The minimum atomic E-state index is -0.523. The lowest BCUT2D eigenvalue weighted by atomic mass is 10.1. The topological polar surface area (TPSA) is 111 Å². The van der Waals surface area contributed by atoms with Gasteiger partial charge in [0, 0.05) is 36.0 Å². The highest BCUT2D eigenvalue weighted by Crippen LogP contribution is 2.27. The van der Waals surface area contributed by atoms with E-state index < -0.39 is 16.8 Å². The summed E-state index contributed by atoms with van der Waals surface area (Å²) in [6.45, 7) is 6.16. The molecule has 0 radical (unpaired) electrons. The molecule has 1 heterocycles. The molecule has 1 amide bonds. The van der Waals surface area contributed by atoms with Gasteiger partial charge in [0.2, 0.25) is 0 Å². The molecule has 2 aromatic rings. The highest BCUT2D eigenvalue weighted by molar-refractivity contribution is 6.07. The van der Waals surface area contributed by atoms with Crippen molar-refractivity contribution in [2.24, 2.45) is 0 Å². The molecule has 31 heavy (non-hydrogen) atoms. The van der Waals surface area contributed by atoms with Crippen molar-refractivity contribution in [2.75, 3.05) is 43.1 Å². The normalized spacial score (nSPS) is 13.5. The van der Waals surface area contributed by atoms with E-state index in [-0.39, 0.29) is 16.8 Å². The van der Waals surface area contributed by atoms with Crippen LogP contribution in [0.15, 0.2) is 36.4 Å². The molecule has 1 saturated heterocycles. The summed E-state index contributed by atoms with van der Waals surface area (Å²) < 4.78 is 10.7. The fourth-order valence-corrected chi connectivity index (χ4v) is 3.40. The van der Waals surface area contributed by atoms with E-state index in [1.165, 1.54) is 25.1 Å². The van der Waals surface area contributed by atoms with Crippen LogP contribution in [0.5, 0.6) is 0 Å². The molecular formula is C22H25N3O6. The smallest absolute Gasteiger partial charge is 0.340 e. The van der Waals surface area contributed by atoms with E-state index in [2.05, 4.69) is 5.32 Å². The quantitative estimate of drug-likeness (QED) is 0.408. The number of hydrogen-bond acceptors (Lipinski definition) is 7. The second-order valence-corrected chi connectivity index (χ2v) is 7.13. The van der Waals surface area contributed by atoms with E-state index in [1.54, 1.807) is 18.2 Å². The van der Waals surface area contributed by atoms with E-state index in [9.17, 15) is 19.7 Å². The lowest BCUT2D eigenvalue weighted by Crippen LogP contribution is -2.37. The van der Waals surface area contributed by atoms with Gasteiger partial charge in [-0.05, 0) is 37.6 Å². The lowest BCUT2D eigenvalue weighted by Gasteiger charge is -2.30. The van der Waals surface area contributed by atoms with Crippen molar-refractivity contribution < 1.29 is 24.0 Å². The number of carbonyl (C=O) groups excluding carboxylic acids is 2. The Kier molecular flexibility index (Phi) is 7.19. The van der Waals surface area contributed by atoms with Crippen molar-refractivity contribution in [1.29, 1.82) is 0 Å². The number of amides is 1. The van der Waals surface area contributed by atoms with Gasteiger partial charge in [0.25, 0.3) is 11.6 Å². The second-order valence-electron chi connectivity index (χ2n) is 7.13. The monoisotopic (exact) mass is 427 g/mol. The largest absolute Gasteiger partial charge is 0.462 e. The molecule has 3 rings (SSSR count). The van der Waals surface area contributed by atoms with Crippen LogP contribution < -0.4 is 10.2 Å². The highest BCUT2D eigenvalue weighted by Gasteiger charge is 2.22. The number of nitrogens with one attached hydrogen (secondary N) is 1. The molecule has 164 valence electrons. The van der Waals surface area contributed by atoms with Gasteiger partial charge in [0.05, 0.1) is 36.0 Å². The second kappa shape index (κ2) is 10.0. The third kappa shape index (κ3) is 5.18. The van der Waals surface area contributed by atoms with Crippen LogP contribution in [0, 0.1) is 17.0 Å². The maximum Gasteiger partial charge on any atom is 0.340 e. The number of anilines is 2. The van der Waals surface area contributed by atoms with Crippen LogP contribution in [-0.2, 0) is 9.47 Å². The van der Waals surface area contributed by atoms with Gasteiger partial charge in [-0.3, -0.25) is 14.9 Å². The zero-order valence-corrected chi connectivity index (χ0v) is 17.6. The first-order valence-corrected chi connectivity index (χ1v) is 10.1. The maximum absolute atomic E-state index is 12.8. The molecule has 0 saturated carbocycles. The van der Waals surface area contributed by atoms with Crippen molar-refractivity contribution >= 4 is 28.9 Å². The van der Waals surface area contributed by atoms with Crippen LogP contribution in [0.3, 0.4) is 0 Å². The van der Waals surface area contributed by atoms with Gasteiger partial charge in [-0.1, -0.05) is 13.0 Å². The van der Waals surface area contributed by atoms with E-state index in [1.807, 2.05) is 11.8 Å². The Morgan fingerprint density at radius 3 is 2.61 bits per heavy atom. The Balaban J connectivity index is 1.89. The number of ether oxygens (including phenoxy) is 2. The lowest BCUT2D eigenvalue weighted by molar-refractivity contribution is -0.385. The van der Waals surface area contributed by atoms with Crippen LogP contribution in [0.4, 0.5) is 17.1 Å². The Morgan fingerprint density at radius 1 is 1.19 bits per heavy atom. The fourth-order valence-electron chi connectivity index (χ4n) is 3.40. The minimum absolute atomic E-state index is 0.126. The number of benzene rings is 2. The van der Waals surface area contributed by atoms with Crippen molar-refractivity contribution in [2.45, 2.75) is 20.3 Å². The average Bonchev–Trinajstić information content (AvgIpc) is 2.77. The molecular weight excluding hydrogens is 402 g/mol. The van der Waals surface area contributed by atoms with Gasteiger partial charge in [0.15, 0.2) is 0 Å². The number of nitrogens with zero attached hydrogens (tertiary/aromatic N) is 2. The van der Waals surface area contributed by atoms with E-state index in [0.29, 0.717) is 56.3 Å². The van der Waals surface area contributed by atoms with E-state index in [4.69, 9.17) is 9.47 Å². The average molecular weight is 427 g/mol. The number of carbonyl (C=O) groups is 2. The third-order valence-corrected chi connectivity index (χ3v) is 5.01. The van der Waals surface area contributed by atoms with Gasteiger partial charge in [-0.15, -0.1) is 0 Å². The van der Waals surface area contributed by atoms with Gasteiger partial charge >= 0.3 is 5.97 Å². The molecule has 1 aliphatic heterocycles. The number of morpholine rings is 1. The number of nitro groups is 1. The first-order chi connectivity index (χ1) is 14.9. The molecule has 0 aliphatic carbocycles. The number of hydrogen-bond donors (Lipinski definition) is 1. The summed E-state index contributed by atoms with van der Waals surface area (Å²) in [6.07, 6.45) is 0.696. The van der Waals surface area contributed by atoms with Crippen LogP contribution >= 0.6 is 0 Å². The van der Waals surface area contributed by atoms with Crippen molar-refractivity contribution in [3.8, 4) is 0 Å². The van der Waals surface area contributed by atoms with E-state index in [0.717, 1.165) is 0 Å². The van der Waals surface area contributed by atoms with Crippen molar-refractivity contribution in [1.82, 2.24) is 0 Å². The summed E-state index contributed by atoms with van der Waals surface area (Å²) in [5.74, 6) is -0.959. The Labute approximate surface area is 180 Å². The summed E-state index contributed by atoms with van der Waals surface area (Å²) in [7, 11) is 0. The van der Waals surface area contributed by atoms with Gasteiger partial charge in [0.1, 0.15) is 0 Å². The van der Waals surface area contributed by atoms with Crippen LogP contribution in [-0.4, -0.2) is 49.7 Å². The Hall–Kier alpha value is -3.46. The summed E-state index contributed by atoms with van der Waals surface area (Å²) >= 11 is 0. The Morgan fingerprint density at radius 2 is 1.94 bits per heavy atom. The number of esters is 1. The summed E-state index contributed by atoms with van der Waals surface area (Å²) in [5, 5.41) is 13.9. The molecule has 9 heteroatoms. The fraction of sp³-hybridized carbons (Fsp3) is 0.364. The molecule has 1 N–H and O–H groups in total. The van der Waals surface area contributed by atoms with E-state index >= 15 is 0 Å². The molecule has 2 aromatic carbocycles. The van der Waals surface area contributed by atoms with Crippen LogP contribution in [0.2, 0.25) is 0 Å². The van der Waals surface area contributed by atoms with Crippen LogP contribution in [0.1, 0.15) is 39.6 Å². The first kappa shape index (κ1) is 22.2. The van der Waals surface area contributed by atoms with Crippen molar-refractivity contribution in [3.63, 3.8) is 0 Å². The summed E-state index contributed by atoms with van der Waals surface area (Å²) in [5.41, 5.74) is 1.81. The van der Waals surface area contributed by atoms with Gasteiger partial charge in [-0.2, -0.15) is 0 Å². The predicted molar refractivity (Wildman–Crippen MR) is 116 cm³/mol. The molecule has 0 unspecified atom stereocenters. The molecule has 0 spiro atoms. The van der Waals surface area contributed by atoms with Gasteiger partial charge in [-0.25, -0.2) is 4.79 Å². The van der Waals surface area contributed by atoms with Crippen LogP contribution in [0.25, 0.3) is 0 Å². The predicted octanol–water partition coefficient (Wildman–Crippen LogP) is 3.56. The zero-order valence-electron chi connectivity index (χ0n) is 17.6. The molecule has 1 aliphatic rings. The minimum Gasteiger partial charge on any atom is -0.462 e. The Bertz CT molecular complexity index is 985. The number of nitro benzene ring substituents is 1.